The summed E-state index contributed by atoms with van der Waals surface area (Å²) in [7, 11) is 6.27. The molecule has 2 aliphatic rings. The summed E-state index contributed by atoms with van der Waals surface area (Å²) in [6, 6.07) is -0.937. The summed E-state index contributed by atoms with van der Waals surface area (Å²) in [6.07, 6.45) is -4.35. The van der Waals surface area contributed by atoms with E-state index in [4.69, 9.17) is 28.4 Å². The monoisotopic (exact) mass is 871 g/mol. The lowest BCUT2D eigenvalue weighted by atomic mass is 9.79. The number of carbonyl (C=O) groups is 2. The number of carbonyl (C=O) groups excluding carboxylic acids is 2. The summed E-state index contributed by atoms with van der Waals surface area (Å²) in [6.45, 7) is 12.0. The molecule has 1 fully saturated rings. The Morgan fingerprint density at radius 2 is 1.67 bits per heavy atom. The number of methoxy groups -OCH3 is 2. The van der Waals surface area contributed by atoms with Crippen molar-refractivity contribution in [3.8, 4) is 0 Å². The minimum absolute atomic E-state index is 0.00509. The Balaban J connectivity index is 2.03. The Hall–Kier alpha value is -2.72. The van der Waals surface area contributed by atoms with Crippen LogP contribution in [0.4, 0.5) is 0 Å². The molecule has 0 spiro atoms. The molecule has 0 aliphatic carbocycles. The first-order valence-corrected chi connectivity index (χ1v) is 21.4. The second kappa shape index (κ2) is 24.9. The average molecular weight is 871 g/mol. The molecule has 17 atom stereocenters. The Morgan fingerprint density at radius 3 is 2.25 bits per heavy atom. The number of cyclic esters (lactones) is 1. The van der Waals surface area contributed by atoms with Gasteiger partial charge < -0.3 is 64.0 Å². The number of aromatic nitrogens is 3. The zero-order valence-corrected chi connectivity index (χ0v) is 37.8. The molecule has 2 aliphatic heterocycles. The highest BCUT2D eigenvalue weighted by molar-refractivity contribution is 5.91. The topological polar surface area (TPSA) is 245 Å². The fourth-order valence-corrected chi connectivity index (χ4v) is 8.32. The van der Waals surface area contributed by atoms with Gasteiger partial charge in [0.15, 0.2) is 12.1 Å². The highest BCUT2D eigenvalue weighted by atomic mass is 16.7. The highest BCUT2D eigenvalue weighted by Gasteiger charge is 2.46. The van der Waals surface area contributed by atoms with Crippen molar-refractivity contribution in [1.29, 1.82) is 0 Å². The van der Waals surface area contributed by atoms with Crippen LogP contribution in [0.3, 0.4) is 0 Å². The summed E-state index contributed by atoms with van der Waals surface area (Å²) >= 11 is 0. The number of nitrogens with zero attached hydrogens (tertiary/aromatic N) is 4. The van der Waals surface area contributed by atoms with Crippen molar-refractivity contribution >= 4 is 11.8 Å². The van der Waals surface area contributed by atoms with E-state index in [2.05, 4.69) is 10.3 Å². The number of ether oxygens (including phenoxy) is 6. The van der Waals surface area contributed by atoms with Gasteiger partial charge in [0.25, 0.3) is 0 Å². The maximum absolute atomic E-state index is 13.8. The number of aliphatic hydroxyl groups excluding tert-OH is 6. The van der Waals surface area contributed by atoms with E-state index in [-0.39, 0.29) is 25.4 Å². The van der Waals surface area contributed by atoms with Crippen molar-refractivity contribution in [3.63, 3.8) is 0 Å². The molecule has 6 N–H and O–H groups in total. The first-order valence-electron chi connectivity index (χ1n) is 21.4. The molecule has 18 nitrogen and oxygen atoms in total. The molecular formula is C43H74N4O14. The van der Waals surface area contributed by atoms with Gasteiger partial charge in [0.1, 0.15) is 30.1 Å². The summed E-state index contributed by atoms with van der Waals surface area (Å²) in [5, 5.41) is 72.9. The van der Waals surface area contributed by atoms with Crippen molar-refractivity contribution in [3.05, 3.63) is 35.7 Å². The lowest BCUT2D eigenvalue weighted by Crippen LogP contribution is -2.59. The minimum Gasteiger partial charge on any atom is -0.462 e. The Bertz CT molecular complexity index is 1540. The fourth-order valence-electron chi connectivity index (χ4n) is 8.32. The van der Waals surface area contributed by atoms with E-state index >= 15 is 0 Å². The fraction of sp³-hybridized carbons (Fsp3) is 0.814. The van der Waals surface area contributed by atoms with Crippen LogP contribution in [0.1, 0.15) is 79.8 Å². The van der Waals surface area contributed by atoms with Crippen molar-refractivity contribution in [2.24, 2.45) is 23.7 Å². The third-order valence-corrected chi connectivity index (χ3v) is 12.1. The van der Waals surface area contributed by atoms with E-state index in [9.17, 15) is 40.2 Å². The number of esters is 1. The quantitative estimate of drug-likeness (QED) is 0.120. The summed E-state index contributed by atoms with van der Waals surface area (Å²) in [5.74, 6) is -3.13. The van der Waals surface area contributed by atoms with Crippen LogP contribution >= 0.6 is 0 Å². The van der Waals surface area contributed by atoms with Gasteiger partial charge in [-0.15, -0.1) is 5.10 Å². The van der Waals surface area contributed by atoms with Gasteiger partial charge in [0.2, 0.25) is 0 Å². The molecule has 0 radical (unpaired) electrons. The zero-order chi connectivity index (χ0) is 45.7. The van der Waals surface area contributed by atoms with E-state index in [0.717, 1.165) is 0 Å². The second-order valence-electron chi connectivity index (χ2n) is 17.1. The molecule has 0 saturated carbocycles. The smallest absolute Gasteiger partial charge is 0.308 e. The predicted octanol–water partition coefficient (Wildman–Crippen LogP) is 1.17. The minimum atomic E-state index is -1.33. The van der Waals surface area contributed by atoms with Crippen molar-refractivity contribution in [2.45, 2.75) is 167 Å². The third kappa shape index (κ3) is 14.7. The van der Waals surface area contributed by atoms with Crippen LogP contribution in [0.5, 0.6) is 0 Å². The van der Waals surface area contributed by atoms with Crippen molar-refractivity contribution in [1.82, 2.24) is 19.9 Å². The maximum Gasteiger partial charge on any atom is 0.308 e. The number of hydrogen-bond acceptors (Lipinski definition) is 17. The number of aryl methyl sites for hydroxylation is 1. The molecule has 1 aromatic rings. The standard InChI is InChI=1S/C43H74N4O14/c1-12-34-30(22-58-43-42(57-11)41(56-10)39(55)28(7)60-43)17-23(2)13-14-32(50)24(3)18-29(15-16-47-20-31(21-48)44-45-47)40(25(4)33(51)19-35(52)61-34)59-27(6)38(54)36(46(8)9)37(53)26(5)49/h13-14,17,20,24-30,33-34,36-43,48-49,51,53-55H,12,15-16,18-19,21-22H2,1-11H3/b14-13+,23-17+/t24-,25+,26-,27-,28?,29+,30-,33-,34-,36?,37-,38?,39-,40-,41+,42?,43-/m1/s1. The Morgan fingerprint density at radius 1 is 1.00 bits per heavy atom. The summed E-state index contributed by atoms with van der Waals surface area (Å²) in [5.41, 5.74) is 1.08. The van der Waals surface area contributed by atoms with E-state index in [1.807, 2.05) is 19.9 Å². The first-order chi connectivity index (χ1) is 28.8. The molecule has 18 heteroatoms. The number of hydrogen-bond donors (Lipinski definition) is 6. The van der Waals surface area contributed by atoms with Crippen LogP contribution < -0.4 is 0 Å². The molecule has 0 amide bonds. The lowest BCUT2D eigenvalue weighted by Gasteiger charge is -2.42. The highest BCUT2D eigenvalue weighted by Crippen LogP contribution is 2.34. The van der Waals surface area contributed by atoms with E-state index in [1.165, 1.54) is 27.2 Å². The molecule has 4 unspecified atom stereocenters. The number of ketones is 1. The molecule has 3 rings (SSSR count). The second-order valence-corrected chi connectivity index (χ2v) is 17.1. The van der Waals surface area contributed by atoms with Gasteiger partial charge in [-0.2, -0.15) is 0 Å². The van der Waals surface area contributed by atoms with Crippen molar-refractivity contribution in [2.75, 3.05) is 34.9 Å². The average Bonchev–Trinajstić information content (AvgIpc) is 3.69. The van der Waals surface area contributed by atoms with Crippen LogP contribution in [0, 0.1) is 23.7 Å². The third-order valence-electron chi connectivity index (χ3n) is 12.1. The van der Waals surface area contributed by atoms with E-state index < -0.39 is 116 Å². The maximum atomic E-state index is 13.8. The molecule has 3 heterocycles. The van der Waals surface area contributed by atoms with Crippen LogP contribution in [-0.2, 0) is 51.2 Å². The number of allylic oxidation sites excluding steroid dienone is 3. The van der Waals surface area contributed by atoms with Gasteiger partial charge in [-0.3, -0.25) is 14.3 Å². The van der Waals surface area contributed by atoms with Gasteiger partial charge in [-0.1, -0.05) is 43.7 Å². The van der Waals surface area contributed by atoms with Crippen LogP contribution in [-0.4, -0.2) is 177 Å². The Labute approximate surface area is 360 Å². The molecule has 0 aromatic carbocycles. The van der Waals surface area contributed by atoms with Gasteiger partial charge in [-0.05, 0) is 73.0 Å². The molecule has 1 aromatic heterocycles. The Kier molecular flexibility index (Phi) is 21.5. The van der Waals surface area contributed by atoms with Gasteiger partial charge >= 0.3 is 5.97 Å². The first kappa shape index (κ1) is 52.6. The van der Waals surface area contributed by atoms with Crippen LogP contribution in [0.25, 0.3) is 0 Å². The number of aliphatic hydroxyl groups is 6. The molecule has 1 saturated heterocycles. The van der Waals surface area contributed by atoms with Gasteiger partial charge in [-0.25, -0.2) is 0 Å². The molecule has 350 valence electrons. The van der Waals surface area contributed by atoms with E-state index in [0.29, 0.717) is 30.7 Å². The number of likely N-dealkylation sites (N-methyl/N-ethyl adjacent to an activating group) is 1. The predicted molar refractivity (Wildman–Crippen MR) is 223 cm³/mol. The summed E-state index contributed by atoms with van der Waals surface area (Å²) in [4.78, 5) is 29.2. The summed E-state index contributed by atoms with van der Waals surface area (Å²) < 4.78 is 37.7. The zero-order valence-electron chi connectivity index (χ0n) is 37.8. The molecular weight excluding hydrogens is 796 g/mol. The normalized spacial score (nSPS) is 35.1. The van der Waals surface area contributed by atoms with Crippen molar-refractivity contribution < 1.29 is 68.6 Å². The van der Waals surface area contributed by atoms with E-state index in [1.54, 1.807) is 63.6 Å². The van der Waals surface area contributed by atoms with Crippen LogP contribution in [0.2, 0.25) is 0 Å². The van der Waals surface area contributed by atoms with Gasteiger partial charge in [0.05, 0.1) is 74.6 Å². The SMILES string of the molecule is CC[C@H]1OC(=O)C[C@@H](O)[C@H](C)[C@@H](O[C@H](C)C(O)C([C@H](O)[C@@H](C)O)N(C)C)[C@@H](CCn2cc(CO)nn2)C[C@@H](C)C(=O)/C=C/C(C)=C/[C@@H]1CO[C@@H]1OC(C)[C@@H](O)[C@H](OC)C1OC. The lowest BCUT2D eigenvalue weighted by molar-refractivity contribution is -0.304. The number of rotatable bonds is 17. The van der Waals surface area contributed by atoms with Gasteiger partial charge in [0, 0.05) is 38.5 Å². The van der Waals surface area contributed by atoms with Crippen LogP contribution in [0.15, 0.2) is 30.0 Å². The molecule has 61 heavy (non-hydrogen) atoms. The largest absolute Gasteiger partial charge is 0.462 e. The molecule has 0 bridgehead atoms.